The van der Waals surface area contributed by atoms with Crippen LogP contribution in [-0.2, 0) is 10.1 Å². The highest BCUT2D eigenvalue weighted by Gasteiger charge is 2.18. The summed E-state index contributed by atoms with van der Waals surface area (Å²) in [4.78, 5) is 11.1. The average Bonchev–Trinajstić information content (AvgIpc) is 2.49. The highest BCUT2D eigenvalue weighted by atomic mass is 32.2. The second kappa shape index (κ2) is 5.31. The first-order valence-electron chi connectivity index (χ1n) is 6.50. The summed E-state index contributed by atoms with van der Waals surface area (Å²) in [5, 5.41) is 0.508. The van der Waals surface area contributed by atoms with Gasteiger partial charge in [-0.25, -0.2) is 4.79 Å². The van der Waals surface area contributed by atoms with Crippen molar-refractivity contribution in [2.45, 2.75) is 11.8 Å². The van der Waals surface area contributed by atoms with Crippen LogP contribution in [0.1, 0.15) is 5.56 Å². The molecule has 0 unspecified atom stereocenters. The van der Waals surface area contributed by atoms with E-state index >= 15 is 0 Å². The van der Waals surface area contributed by atoms with Crippen molar-refractivity contribution in [3.05, 3.63) is 70.6 Å². The summed E-state index contributed by atoms with van der Waals surface area (Å²) in [5.41, 5.74) is 0.555. The van der Waals surface area contributed by atoms with Gasteiger partial charge in [0, 0.05) is 11.5 Å². The number of hydrogen-bond donors (Lipinski definition) is 0. The molecule has 1 heterocycles. The Morgan fingerprint density at radius 1 is 1.00 bits per heavy atom. The molecule has 6 heteroatoms. The standard InChI is InChI=1S/C16H12O5S/c1-11-4-2-3-5-14(11)21-22(18,19)13-7-8-15-12(10-13)6-9-16(17)20-15/h2-10H,1H3. The Labute approximate surface area is 126 Å². The van der Waals surface area contributed by atoms with E-state index in [1.165, 1.54) is 30.3 Å². The average molecular weight is 316 g/mol. The van der Waals surface area contributed by atoms with E-state index in [1.54, 1.807) is 31.2 Å². The minimum absolute atomic E-state index is 0.00268. The zero-order valence-electron chi connectivity index (χ0n) is 11.6. The maximum atomic E-state index is 12.3. The summed E-state index contributed by atoms with van der Waals surface area (Å²) in [6.45, 7) is 1.76. The van der Waals surface area contributed by atoms with Crippen LogP contribution in [0.25, 0.3) is 11.0 Å². The lowest BCUT2D eigenvalue weighted by Crippen LogP contribution is -2.10. The Morgan fingerprint density at radius 2 is 1.77 bits per heavy atom. The first-order chi connectivity index (χ1) is 10.5. The summed E-state index contributed by atoms with van der Waals surface area (Å²) in [6, 6.07) is 13.8. The molecule has 0 N–H and O–H groups in total. The quantitative estimate of drug-likeness (QED) is 0.549. The normalized spacial score (nSPS) is 11.5. The van der Waals surface area contributed by atoms with E-state index in [-0.39, 0.29) is 10.6 Å². The Kier molecular flexibility index (Phi) is 3.46. The molecular formula is C16H12O5S. The van der Waals surface area contributed by atoms with Crippen molar-refractivity contribution in [3.8, 4) is 5.75 Å². The molecule has 0 amide bonds. The largest absolute Gasteiger partial charge is 0.423 e. The molecule has 2 aromatic carbocycles. The van der Waals surface area contributed by atoms with Crippen molar-refractivity contribution in [2.75, 3.05) is 0 Å². The van der Waals surface area contributed by atoms with Crippen LogP contribution in [0.5, 0.6) is 5.75 Å². The van der Waals surface area contributed by atoms with Gasteiger partial charge in [0.2, 0.25) is 0 Å². The van der Waals surface area contributed by atoms with E-state index in [4.69, 9.17) is 8.60 Å². The maximum Gasteiger partial charge on any atom is 0.339 e. The fourth-order valence-electron chi connectivity index (χ4n) is 2.02. The number of aryl methyl sites for hydroxylation is 1. The minimum Gasteiger partial charge on any atom is -0.423 e. The van der Waals surface area contributed by atoms with Crippen molar-refractivity contribution in [2.24, 2.45) is 0 Å². The summed E-state index contributed by atoms with van der Waals surface area (Å²) < 4.78 is 34.8. The fourth-order valence-corrected chi connectivity index (χ4v) is 3.05. The zero-order valence-corrected chi connectivity index (χ0v) is 12.5. The van der Waals surface area contributed by atoms with Crippen LogP contribution in [0.15, 0.2) is 68.7 Å². The van der Waals surface area contributed by atoms with Crippen LogP contribution in [0.3, 0.4) is 0 Å². The van der Waals surface area contributed by atoms with Gasteiger partial charge in [0.1, 0.15) is 16.2 Å². The Balaban J connectivity index is 2.04. The van der Waals surface area contributed by atoms with E-state index in [0.717, 1.165) is 5.56 Å². The van der Waals surface area contributed by atoms with Gasteiger partial charge in [-0.15, -0.1) is 0 Å². The van der Waals surface area contributed by atoms with Crippen molar-refractivity contribution < 1.29 is 17.0 Å². The lowest BCUT2D eigenvalue weighted by Gasteiger charge is -2.09. The van der Waals surface area contributed by atoms with Gasteiger partial charge in [0.15, 0.2) is 0 Å². The Morgan fingerprint density at radius 3 is 2.55 bits per heavy atom. The molecule has 0 saturated carbocycles. The summed E-state index contributed by atoms with van der Waals surface area (Å²) in [6.07, 6.45) is 0. The molecule has 3 aromatic rings. The number of benzene rings is 2. The van der Waals surface area contributed by atoms with Crippen LogP contribution in [0.4, 0.5) is 0 Å². The molecule has 0 radical (unpaired) electrons. The maximum absolute atomic E-state index is 12.3. The molecule has 0 atom stereocenters. The van der Waals surface area contributed by atoms with Gasteiger partial charge in [-0.1, -0.05) is 18.2 Å². The van der Waals surface area contributed by atoms with Crippen LogP contribution in [-0.4, -0.2) is 8.42 Å². The van der Waals surface area contributed by atoms with Gasteiger partial charge < -0.3 is 8.60 Å². The van der Waals surface area contributed by atoms with Crippen LogP contribution in [0.2, 0.25) is 0 Å². The monoisotopic (exact) mass is 316 g/mol. The topological polar surface area (TPSA) is 73.6 Å². The second-order valence-electron chi connectivity index (χ2n) is 4.76. The number of para-hydroxylation sites is 1. The van der Waals surface area contributed by atoms with E-state index in [0.29, 0.717) is 11.0 Å². The van der Waals surface area contributed by atoms with E-state index in [1.807, 2.05) is 0 Å². The number of hydrogen-bond acceptors (Lipinski definition) is 5. The number of rotatable bonds is 3. The first-order valence-corrected chi connectivity index (χ1v) is 7.90. The van der Waals surface area contributed by atoms with Gasteiger partial charge in [-0.2, -0.15) is 8.42 Å². The molecule has 5 nitrogen and oxygen atoms in total. The van der Waals surface area contributed by atoms with Gasteiger partial charge in [-0.05, 0) is 42.8 Å². The summed E-state index contributed by atoms with van der Waals surface area (Å²) in [7, 11) is -3.96. The molecule has 0 aliphatic carbocycles. The molecule has 0 aliphatic rings. The van der Waals surface area contributed by atoms with Crippen molar-refractivity contribution in [1.29, 1.82) is 0 Å². The van der Waals surface area contributed by atoms with E-state index < -0.39 is 15.7 Å². The summed E-state index contributed by atoms with van der Waals surface area (Å²) in [5.74, 6) is 0.280. The number of fused-ring (bicyclic) bond motifs is 1. The molecule has 112 valence electrons. The van der Waals surface area contributed by atoms with Gasteiger partial charge in [0.25, 0.3) is 0 Å². The third kappa shape index (κ3) is 2.73. The van der Waals surface area contributed by atoms with Crippen molar-refractivity contribution in [3.63, 3.8) is 0 Å². The van der Waals surface area contributed by atoms with Gasteiger partial charge in [-0.3, -0.25) is 0 Å². The van der Waals surface area contributed by atoms with E-state index in [9.17, 15) is 13.2 Å². The van der Waals surface area contributed by atoms with E-state index in [2.05, 4.69) is 0 Å². The second-order valence-corrected chi connectivity index (χ2v) is 6.30. The SMILES string of the molecule is Cc1ccccc1OS(=O)(=O)c1ccc2oc(=O)ccc2c1. The Hall–Kier alpha value is -2.60. The van der Waals surface area contributed by atoms with Crippen molar-refractivity contribution in [1.82, 2.24) is 0 Å². The smallest absolute Gasteiger partial charge is 0.339 e. The lowest BCUT2D eigenvalue weighted by atomic mass is 10.2. The van der Waals surface area contributed by atoms with Gasteiger partial charge >= 0.3 is 15.7 Å². The molecule has 0 aliphatic heterocycles. The lowest BCUT2D eigenvalue weighted by molar-refractivity contribution is 0.484. The Bertz CT molecular complexity index is 1000. The van der Waals surface area contributed by atoms with Crippen LogP contribution in [0, 0.1) is 6.92 Å². The molecule has 3 rings (SSSR count). The van der Waals surface area contributed by atoms with Gasteiger partial charge in [0.05, 0.1) is 0 Å². The third-order valence-electron chi connectivity index (χ3n) is 3.17. The fraction of sp³-hybridized carbons (Fsp3) is 0.0625. The molecular weight excluding hydrogens is 304 g/mol. The first kappa shape index (κ1) is 14.3. The highest BCUT2D eigenvalue weighted by molar-refractivity contribution is 7.87. The van der Waals surface area contributed by atoms with Crippen molar-refractivity contribution >= 4 is 21.1 Å². The molecule has 0 saturated heterocycles. The predicted octanol–water partition coefficient (Wildman–Crippen LogP) is 2.87. The molecule has 22 heavy (non-hydrogen) atoms. The zero-order chi connectivity index (χ0) is 15.7. The third-order valence-corrected chi connectivity index (χ3v) is 4.40. The predicted molar refractivity (Wildman–Crippen MR) is 81.5 cm³/mol. The molecule has 0 fully saturated rings. The van der Waals surface area contributed by atoms with Crippen LogP contribution < -0.4 is 9.81 Å². The molecule has 0 spiro atoms. The minimum atomic E-state index is -3.96. The van der Waals surface area contributed by atoms with Crippen LogP contribution >= 0.6 is 0 Å². The molecule has 0 bridgehead atoms. The summed E-state index contributed by atoms with van der Waals surface area (Å²) >= 11 is 0. The molecule has 1 aromatic heterocycles. The highest BCUT2D eigenvalue weighted by Crippen LogP contribution is 2.24.